The third-order valence-corrected chi connectivity index (χ3v) is 5.53. The second-order valence-electron chi connectivity index (χ2n) is 7.01. The van der Waals surface area contributed by atoms with Crippen LogP contribution in [0.1, 0.15) is 28.9 Å². The summed E-state index contributed by atoms with van der Waals surface area (Å²) in [5.74, 6) is -0.320. The van der Waals surface area contributed by atoms with Crippen LogP contribution in [0.2, 0.25) is 0 Å². The maximum Gasteiger partial charge on any atom is 0.327 e. The molecule has 0 unspecified atom stereocenters. The highest BCUT2D eigenvalue weighted by Crippen LogP contribution is 2.38. The molecule has 0 radical (unpaired) electrons. The van der Waals surface area contributed by atoms with Crippen molar-refractivity contribution >= 4 is 17.8 Å². The molecule has 8 nitrogen and oxygen atoms in total. The van der Waals surface area contributed by atoms with Crippen LogP contribution >= 0.6 is 0 Å². The Morgan fingerprint density at radius 3 is 2.48 bits per heavy atom. The van der Waals surface area contributed by atoms with Gasteiger partial charge in [-0.3, -0.25) is 19.6 Å². The molecular weight excluding hydrogens is 346 g/mol. The van der Waals surface area contributed by atoms with Crippen molar-refractivity contribution in [1.29, 1.82) is 0 Å². The van der Waals surface area contributed by atoms with Gasteiger partial charge < -0.3 is 9.80 Å². The number of rotatable bonds is 3. The van der Waals surface area contributed by atoms with Gasteiger partial charge in [0, 0.05) is 32.9 Å². The van der Waals surface area contributed by atoms with Crippen molar-refractivity contribution in [3.8, 4) is 0 Å². The monoisotopic (exact) mass is 367 g/mol. The Labute approximate surface area is 156 Å². The minimum Gasteiger partial charge on any atom is -0.337 e. The molecule has 0 atom stereocenters. The Balaban J connectivity index is 1.56. The zero-order chi connectivity index (χ0) is 19.0. The number of carbonyl (C=O) groups is 3. The molecule has 27 heavy (non-hydrogen) atoms. The molecule has 3 heterocycles. The Hall–Kier alpha value is -3.16. The highest BCUT2D eigenvalue weighted by Gasteiger charge is 2.57. The van der Waals surface area contributed by atoms with Crippen LogP contribution in [0.5, 0.6) is 0 Å². The number of hydrogen-bond donors (Lipinski definition) is 1. The van der Waals surface area contributed by atoms with Gasteiger partial charge in [0.1, 0.15) is 11.2 Å². The van der Waals surface area contributed by atoms with Crippen LogP contribution < -0.4 is 0 Å². The van der Waals surface area contributed by atoms with E-state index in [9.17, 15) is 14.4 Å². The lowest BCUT2D eigenvalue weighted by atomic mass is 9.85. The van der Waals surface area contributed by atoms with Crippen molar-refractivity contribution in [2.75, 3.05) is 20.1 Å². The van der Waals surface area contributed by atoms with Crippen LogP contribution in [0, 0.1) is 0 Å². The van der Waals surface area contributed by atoms with E-state index < -0.39 is 5.54 Å². The van der Waals surface area contributed by atoms with Crippen LogP contribution in [-0.4, -0.2) is 68.4 Å². The van der Waals surface area contributed by atoms with E-state index >= 15 is 0 Å². The van der Waals surface area contributed by atoms with Gasteiger partial charge in [-0.1, -0.05) is 30.3 Å². The Bertz CT molecular complexity index is 857. The van der Waals surface area contributed by atoms with E-state index in [0.717, 1.165) is 5.56 Å². The number of benzene rings is 1. The fourth-order valence-corrected chi connectivity index (χ4v) is 3.97. The van der Waals surface area contributed by atoms with Gasteiger partial charge in [0.2, 0.25) is 0 Å². The summed E-state index contributed by atoms with van der Waals surface area (Å²) in [6, 6.07) is 11.0. The van der Waals surface area contributed by atoms with Gasteiger partial charge in [-0.25, -0.2) is 4.79 Å². The number of nitrogens with zero attached hydrogens (tertiary/aromatic N) is 4. The minimum absolute atomic E-state index is 0.137. The summed E-state index contributed by atoms with van der Waals surface area (Å²) in [5.41, 5.74) is 0.522. The molecule has 1 aromatic carbocycles. The maximum absolute atomic E-state index is 12.9. The van der Waals surface area contributed by atoms with E-state index in [1.165, 1.54) is 18.1 Å². The normalized spacial score (nSPS) is 19.2. The first kappa shape index (κ1) is 17.3. The molecule has 1 spiro atoms. The molecule has 2 saturated heterocycles. The lowest BCUT2D eigenvalue weighted by Gasteiger charge is -2.42. The highest BCUT2D eigenvalue weighted by molar-refractivity contribution is 6.07. The molecule has 4 amide bonds. The van der Waals surface area contributed by atoms with Crippen molar-refractivity contribution in [3.63, 3.8) is 0 Å². The van der Waals surface area contributed by atoms with Crippen LogP contribution in [0.15, 0.2) is 42.6 Å². The van der Waals surface area contributed by atoms with Gasteiger partial charge in [-0.2, -0.15) is 5.10 Å². The summed E-state index contributed by atoms with van der Waals surface area (Å²) in [7, 11) is 1.53. The number of H-pyrrole nitrogens is 1. The molecule has 1 aromatic heterocycles. The van der Waals surface area contributed by atoms with E-state index in [4.69, 9.17) is 0 Å². The zero-order valence-electron chi connectivity index (χ0n) is 15.1. The largest absolute Gasteiger partial charge is 0.337 e. The molecule has 2 fully saturated rings. The average Bonchev–Trinajstić information content (AvgIpc) is 3.30. The van der Waals surface area contributed by atoms with Crippen molar-refractivity contribution < 1.29 is 14.4 Å². The molecule has 8 heteroatoms. The Morgan fingerprint density at radius 1 is 1.15 bits per heavy atom. The third-order valence-electron chi connectivity index (χ3n) is 5.53. The molecule has 1 N–H and O–H groups in total. The number of hydrogen-bond acceptors (Lipinski definition) is 4. The molecule has 140 valence electrons. The molecule has 2 aromatic rings. The van der Waals surface area contributed by atoms with E-state index in [2.05, 4.69) is 10.2 Å². The summed E-state index contributed by atoms with van der Waals surface area (Å²) < 4.78 is 0. The first-order valence-electron chi connectivity index (χ1n) is 8.95. The lowest BCUT2D eigenvalue weighted by Crippen LogP contribution is -2.57. The zero-order valence-corrected chi connectivity index (χ0v) is 15.1. The van der Waals surface area contributed by atoms with Crippen molar-refractivity contribution in [3.05, 3.63) is 53.9 Å². The van der Waals surface area contributed by atoms with Crippen molar-refractivity contribution in [2.24, 2.45) is 0 Å². The second kappa shape index (κ2) is 6.53. The predicted molar refractivity (Wildman–Crippen MR) is 96.6 cm³/mol. The molecule has 0 saturated carbocycles. The summed E-state index contributed by atoms with van der Waals surface area (Å²) in [4.78, 5) is 42.8. The van der Waals surface area contributed by atoms with Gasteiger partial charge in [0.25, 0.3) is 11.8 Å². The number of aromatic amines is 1. The van der Waals surface area contributed by atoms with Gasteiger partial charge in [0.15, 0.2) is 0 Å². The quantitative estimate of drug-likeness (QED) is 0.832. The number of nitrogens with one attached hydrogen (secondary N) is 1. The first-order valence-corrected chi connectivity index (χ1v) is 8.95. The van der Waals surface area contributed by atoms with E-state index in [1.54, 1.807) is 15.9 Å². The number of aromatic nitrogens is 2. The summed E-state index contributed by atoms with van der Waals surface area (Å²) in [6.45, 7) is 1.20. The van der Waals surface area contributed by atoms with Crippen LogP contribution in [0.3, 0.4) is 0 Å². The molecule has 4 rings (SSSR count). The predicted octanol–water partition coefficient (Wildman–Crippen LogP) is 1.48. The van der Waals surface area contributed by atoms with Crippen LogP contribution in [-0.2, 0) is 11.3 Å². The fourth-order valence-electron chi connectivity index (χ4n) is 3.97. The van der Waals surface area contributed by atoms with Gasteiger partial charge in [-0.15, -0.1) is 0 Å². The Morgan fingerprint density at radius 2 is 1.85 bits per heavy atom. The fraction of sp³-hybridized carbons (Fsp3) is 0.368. The van der Waals surface area contributed by atoms with E-state index in [1.807, 2.05) is 30.3 Å². The van der Waals surface area contributed by atoms with Crippen molar-refractivity contribution in [1.82, 2.24) is 24.9 Å². The van der Waals surface area contributed by atoms with Gasteiger partial charge in [0.05, 0.1) is 0 Å². The number of likely N-dealkylation sites (N-methyl/N-ethyl adjacent to an activating group) is 1. The Kier molecular flexibility index (Phi) is 4.18. The standard InChI is InChI=1S/C19H21N5O3/c1-22-17(26)19(24(18(22)27)13-14-5-3-2-4-6-14)8-11-23(12-9-19)16(25)15-7-10-20-21-15/h2-7,10H,8-9,11-13H2,1H3,(H,20,21). The topological polar surface area (TPSA) is 89.6 Å². The number of piperidine rings is 1. The molecular formula is C19H21N5O3. The molecule has 2 aliphatic heterocycles. The number of urea groups is 1. The summed E-state index contributed by atoms with van der Waals surface area (Å²) >= 11 is 0. The summed E-state index contributed by atoms with van der Waals surface area (Å²) in [5, 5.41) is 6.49. The smallest absolute Gasteiger partial charge is 0.327 e. The number of imide groups is 1. The lowest BCUT2D eigenvalue weighted by molar-refractivity contribution is -0.134. The summed E-state index contributed by atoms with van der Waals surface area (Å²) in [6.07, 6.45) is 2.39. The van der Waals surface area contributed by atoms with E-state index in [0.29, 0.717) is 38.2 Å². The molecule has 2 aliphatic rings. The van der Waals surface area contributed by atoms with Crippen LogP contribution in [0.25, 0.3) is 0 Å². The average molecular weight is 367 g/mol. The minimum atomic E-state index is -0.882. The first-order chi connectivity index (χ1) is 13.0. The van der Waals surface area contributed by atoms with Gasteiger partial charge >= 0.3 is 6.03 Å². The third kappa shape index (κ3) is 2.77. The van der Waals surface area contributed by atoms with Crippen LogP contribution in [0.4, 0.5) is 4.79 Å². The highest BCUT2D eigenvalue weighted by atomic mass is 16.2. The molecule has 0 bridgehead atoms. The van der Waals surface area contributed by atoms with Crippen molar-refractivity contribution in [2.45, 2.75) is 24.9 Å². The maximum atomic E-state index is 12.9. The second-order valence-corrected chi connectivity index (χ2v) is 7.01. The number of carbonyl (C=O) groups excluding carboxylic acids is 3. The SMILES string of the molecule is CN1C(=O)N(Cc2ccccc2)C2(CCN(C(=O)c3ccn[nH]3)CC2)C1=O. The molecule has 0 aliphatic carbocycles. The number of likely N-dealkylation sites (tertiary alicyclic amines) is 1. The van der Waals surface area contributed by atoms with Gasteiger partial charge in [-0.05, 0) is 24.5 Å². The van der Waals surface area contributed by atoms with E-state index in [-0.39, 0.29) is 17.8 Å². The number of amides is 4.